The molecule has 0 unspecified atom stereocenters. The molecule has 0 aliphatic carbocycles. The van der Waals surface area contributed by atoms with Crippen LogP contribution in [0.1, 0.15) is 11.1 Å². The van der Waals surface area contributed by atoms with Gasteiger partial charge in [0.15, 0.2) is 0 Å². The van der Waals surface area contributed by atoms with E-state index in [1.54, 1.807) is 23.1 Å². The van der Waals surface area contributed by atoms with Crippen LogP contribution in [-0.2, 0) is 14.8 Å². The Morgan fingerprint density at radius 2 is 1.73 bits per heavy atom. The van der Waals surface area contributed by atoms with Crippen molar-refractivity contribution in [2.45, 2.75) is 6.92 Å². The molecule has 3 rings (SSSR count). The van der Waals surface area contributed by atoms with Crippen LogP contribution in [0.4, 0.5) is 5.69 Å². The summed E-state index contributed by atoms with van der Waals surface area (Å²) in [6.45, 7) is 5.30. The van der Waals surface area contributed by atoms with E-state index in [0.29, 0.717) is 18.8 Å². The van der Waals surface area contributed by atoms with Crippen LogP contribution in [-0.4, -0.2) is 69.6 Å². The molecule has 1 saturated heterocycles. The van der Waals surface area contributed by atoms with E-state index in [0.717, 1.165) is 31.5 Å². The molecule has 1 aliphatic rings. The van der Waals surface area contributed by atoms with Crippen LogP contribution in [0.5, 0.6) is 0 Å². The molecule has 0 saturated carbocycles. The summed E-state index contributed by atoms with van der Waals surface area (Å²) in [7, 11) is -3.55. The summed E-state index contributed by atoms with van der Waals surface area (Å²) in [5.41, 5.74) is 2.64. The largest absolute Gasteiger partial charge is 0.339 e. The molecule has 0 atom stereocenters. The van der Waals surface area contributed by atoms with E-state index < -0.39 is 10.0 Å². The van der Waals surface area contributed by atoms with Crippen LogP contribution in [0.15, 0.2) is 60.7 Å². The molecule has 7 heteroatoms. The van der Waals surface area contributed by atoms with Crippen LogP contribution in [0.25, 0.3) is 6.08 Å². The normalized spacial score (nSPS) is 15.5. The van der Waals surface area contributed by atoms with Crippen molar-refractivity contribution in [2.75, 3.05) is 49.8 Å². The SMILES string of the molecule is Cc1cccc(N(CC(=O)N2CCN(CC=Cc3ccccc3)CC2)S(C)(=O)=O)c1. The summed E-state index contributed by atoms with van der Waals surface area (Å²) in [6, 6.07) is 17.4. The first-order valence-corrected chi connectivity index (χ1v) is 11.9. The van der Waals surface area contributed by atoms with Crippen LogP contribution in [0, 0.1) is 6.92 Å². The predicted octanol–water partition coefficient (Wildman–Crippen LogP) is 2.62. The highest BCUT2D eigenvalue weighted by Gasteiger charge is 2.26. The Hall–Kier alpha value is -2.64. The minimum absolute atomic E-state index is 0.165. The molecule has 0 spiro atoms. The smallest absolute Gasteiger partial charge is 0.243 e. The second-order valence-corrected chi connectivity index (χ2v) is 9.51. The lowest BCUT2D eigenvalue weighted by Crippen LogP contribution is -2.51. The number of hydrogen-bond donors (Lipinski definition) is 0. The van der Waals surface area contributed by atoms with Gasteiger partial charge in [0.05, 0.1) is 11.9 Å². The van der Waals surface area contributed by atoms with Crippen molar-refractivity contribution < 1.29 is 13.2 Å². The molecule has 1 heterocycles. The minimum Gasteiger partial charge on any atom is -0.339 e. The van der Waals surface area contributed by atoms with Crippen molar-refractivity contribution in [3.63, 3.8) is 0 Å². The third-order valence-electron chi connectivity index (χ3n) is 5.17. The minimum atomic E-state index is -3.55. The van der Waals surface area contributed by atoms with Gasteiger partial charge < -0.3 is 4.90 Å². The lowest BCUT2D eigenvalue weighted by Gasteiger charge is -2.35. The third-order valence-corrected chi connectivity index (χ3v) is 6.31. The number of amides is 1. The molecule has 1 aliphatic heterocycles. The van der Waals surface area contributed by atoms with E-state index in [1.807, 2.05) is 31.2 Å². The second kappa shape index (κ2) is 9.91. The summed E-state index contributed by atoms with van der Waals surface area (Å²) in [4.78, 5) is 16.9. The Morgan fingerprint density at radius 1 is 1.03 bits per heavy atom. The van der Waals surface area contributed by atoms with Gasteiger partial charge in [0.2, 0.25) is 15.9 Å². The predicted molar refractivity (Wildman–Crippen MR) is 122 cm³/mol. The number of hydrogen-bond acceptors (Lipinski definition) is 4. The Morgan fingerprint density at radius 3 is 2.37 bits per heavy atom. The van der Waals surface area contributed by atoms with Crippen LogP contribution >= 0.6 is 0 Å². The maximum absolute atomic E-state index is 12.8. The van der Waals surface area contributed by atoms with Crippen molar-refractivity contribution >= 4 is 27.7 Å². The van der Waals surface area contributed by atoms with Crippen LogP contribution in [0.3, 0.4) is 0 Å². The van der Waals surface area contributed by atoms with Gasteiger partial charge in [0.1, 0.15) is 6.54 Å². The monoisotopic (exact) mass is 427 g/mol. The van der Waals surface area contributed by atoms with Gasteiger partial charge in [-0.05, 0) is 30.2 Å². The fraction of sp³-hybridized carbons (Fsp3) is 0.348. The quantitative estimate of drug-likeness (QED) is 0.682. The average molecular weight is 428 g/mol. The molecule has 0 aromatic heterocycles. The number of nitrogens with zero attached hydrogens (tertiary/aromatic N) is 3. The molecule has 30 heavy (non-hydrogen) atoms. The first kappa shape index (κ1) is 22.1. The van der Waals surface area contributed by atoms with E-state index in [4.69, 9.17) is 0 Å². The molecule has 0 radical (unpaired) electrons. The summed E-state index contributed by atoms with van der Waals surface area (Å²) < 4.78 is 25.8. The topological polar surface area (TPSA) is 60.9 Å². The lowest BCUT2D eigenvalue weighted by atomic mass is 10.2. The highest BCUT2D eigenvalue weighted by atomic mass is 32.2. The van der Waals surface area contributed by atoms with Gasteiger partial charge >= 0.3 is 0 Å². The standard InChI is InChI=1S/C23H29N3O3S/c1-20-8-6-12-22(18-20)26(30(2,28)29)19-23(27)25-16-14-24(15-17-25)13-7-11-21-9-4-3-5-10-21/h3-12,18H,13-17,19H2,1-2H3. The molecule has 2 aromatic carbocycles. The molecular weight excluding hydrogens is 398 g/mol. The number of rotatable bonds is 7. The Balaban J connectivity index is 1.54. The number of piperazine rings is 1. The average Bonchev–Trinajstić information content (AvgIpc) is 2.72. The van der Waals surface area contributed by atoms with Crippen molar-refractivity contribution in [1.29, 1.82) is 0 Å². The Bertz CT molecular complexity index is 982. The highest BCUT2D eigenvalue weighted by molar-refractivity contribution is 7.92. The number of aryl methyl sites for hydroxylation is 1. The van der Waals surface area contributed by atoms with Crippen molar-refractivity contribution in [3.8, 4) is 0 Å². The van der Waals surface area contributed by atoms with E-state index in [-0.39, 0.29) is 12.5 Å². The maximum Gasteiger partial charge on any atom is 0.243 e. The fourth-order valence-electron chi connectivity index (χ4n) is 3.49. The van der Waals surface area contributed by atoms with E-state index in [2.05, 4.69) is 29.2 Å². The number of sulfonamides is 1. The molecule has 6 nitrogen and oxygen atoms in total. The van der Waals surface area contributed by atoms with Crippen molar-refractivity contribution in [3.05, 3.63) is 71.8 Å². The number of carbonyl (C=O) groups is 1. The summed E-state index contributed by atoms with van der Waals surface area (Å²) in [5, 5.41) is 0. The first-order valence-electron chi connectivity index (χ1n) is 10.1. The van der Waals surface area contributed by atoms with Gasteiger partial charge in [-0.2, -0.15) is 0 Å². The van der Waals surface area contributed by atoms with E-state index in [1.165, 1.54) is 9.87 Å². The van der Waals surface area contributed by atoms with Gasteiger partial charge in [-0.3, -0.25) is 14.0 Å². The Kier molecular flexibility index (Phi) is 7.29. The van der Waals surface area contributed by atoms with Crippen molar-refractivity contribution in [1.82, 2.24) is 9.80 Å². The number of anilines is 1. The third kappa shape index (κ3) is 6.18. The van der Waals surface area contributed by atoms with Gasteiger partial charge in [-0.15, -0.1) is 0 Å². The first-order chi connectivity index (χ1) is 14.3. The molecule has 0 bridgehead atoms. The second-order valence-electron chi connectivity index (χ2n) is 7.60. The maximum atomic E-state index is 12.8. The lowest BCUT2D eigenvalue weighted by molar-refractivity contribution is -0.131. The van der Waals surface area contributed by atoms with Gasteiger partial charge in [0, 0.05) is 32.7 Å². The Labute approximate surface area is 179 Å². The zero-order valence-electron chi connectivity index (χ0n) is 17.6. The summed E-state index contributed by atoms with van der Waals surface area (Å²) in [5.74, 6) is -0.165. The fourth-order valence-corrected chi connectivity index (χ4v) is 4.33. The van der Waals surface area contributed by atoms with E-state index in [9.17, 15) is 13.2 Å². The van der Waals surface area contributed by atoms with Crippen LogP contribution < -0.4 is 4.31 Å². The zero-order valence-corrected chi connectivity index (χ0v) is 18.4. The molecule has 2 aromatic rings. The van der Waals surface area contributed by atoms with Gasteiger partial charge in [-0.25, -0.2) is 8.42 Å². The summed E-state index contributed by atoms with van der Waals surface area (Å²) in [6.07, 6.45) is 5.37. The summed E-state index contributed by atoms with van der Waals surface area (Å²) >= 11 is 0. The number of benzene rings is 2. The molecular formula is C23H29N3O3S. The van der Waals surface area contributed by atoms with Crippen LogP contribution in [0.2, 0.25) is 0 Å². The van der Waals surface area contributed by atoms with E-state index >= 15 is 0 Å². The molecule has 0 N–H and O–H groups in total. The molecule has 1 amide bonds. The number of carbonyl (C=O) groups excluding carboxylic acids is 1. The molecule has 1 fully saturated rings. The zero-order chi connectivity index (χ0) is 21.6. The van der Waals surface area contributed by atoms with Gasteiger partial charge in [-0.1, -0.05) is 54.6 Å². The van der Waals surface area contributed by atoms with Crippen molar-refractivity contribution in [2.24, 2.45) is 0 Å². The molecule has 160 valence electrons. The van der Waals surface area contributed by atoms with Gasteiger partial charge in [0.25, 0.3) is 0 Å². The highest BCUT2D eigenvalue weighted by Crippen LogP contribution is 2.19.